The first kappa shape index (κ1) is 18.0. The van der Waals surface area contributed by atoms with Gasteiger partial charge in [0.15, 0.2) is 0 Å². The van der Waals surface area contributed by atoms with Gasteiger partial charge >= 0.3 is 0 Å². The molecule has 4 nitrogen and oxygen atoms in total. The molecular formula is C20H25NO3S. The topological polar surface area (TPSA) is 55.4 Å². The molecule has 0 heterocycles. The average Bonchev–Trinajstić information content (AvgIpc) is 3.11. The molecule has 25 heavy (non-hydrogen) atoms. The quantitative estimate of drug-likeness (QED) is 0.854. The predicted octanol–water partition coefficient (Wildman–Crippen LogP) is 3.79. The lowest BCUT2D eigenvalue weighted by atomic mass is 9.79. The van der Waals surface area contributed by atoms with Gasteiger partial charge in [-0.2, -0.15) is 0 Å². The summed E-state index contributed by atoms with van der Waals surface area (Å²) in [5.74, 6) is 0.817. The standard InChI is InChI=1S/C20H25NO3S/c1-16-5-11-19(12-6-16)25(22,23)21-15-20(13-3-4-14-20)17-7-9-18(24-2)10-8-17/h5-12,21H,3-4,13-15H2,1-2H3. The Balaban J connectivity index is 1.81. The maximum atomic E-state index is 12.6. The molecule has 0 unspecified atom stereocenters. The molecule has 0 saturated heterocycles. The molecule has 1 aliphatic carbocycles. The fraction of sp³-hybridized carbons (Fsp3) is 0.400. The molecule has 0 aliphatic heterocycles. The molecule has 5 heteroatoms. The van der Waals surface area contributed by atoms with E-state index in [4.69, 9.17) is 4.74 Å². The summed E-state index contributed by atoms with van der Waals surface area (Å²) in [4.78, 5) is 0.320. The van der Waals surface area contributed by atoms with Crippen LogP contribution in [0.3, 0.4) is 0 Å². The van der Waals surface area contributed by atoms with E-state index in [2.05, 4.69) is 16.9 Å². The highest BCUT2D eigenvalue weighted by Crippen LogP contribution is 2.41. The smallest absolute Gasteiger partial charge is 0.240 e. The van der Waals surface area contributed by atoms with Crippen molar-refractivity contribution < 1.29 is 13.2 Å². The van der Waals surface area contributed by atoms with Crippen molar-refractivity contribution in [2.45, 2.75) is 42.9 Å². The average molecular weight is 359 g/mol. The van der Waals surface area contributed by atoms with Gasteiger partial charge in [0, 0.05) is 12.0 Å². The van der Waals surface area contributed by atoms with E-state index in [0.717, 1.165) is 37.0 Å². The van der Waals surface area contributed by atoms with Gasteiger partial charge in [0.05, 0.1) is 12.0 Å². The van der Waals surface area contributed by atoms with Crippen molar-refractivity contribution in [2.24, 2.45) is 0 Å². The zero-order valence-electron chi connectivity index (χ0n) is 14.8. The van der Waals surface area contributed by atoms with Crippen LogP contribution in [0, 0.1) is 6.92 Å². The van der Waals surface area contributed by atoms with Crippen molar-refractivity contribution in [1.82, 2.24) is 4.72 Å². The minimum Gasteiger partial charge on any atom is -0.497 e. The zero-order chi connectivity index (χ0) is 17.9. The molecule has 1 saturated carbocycles. The summed E-state index contributed by atoms with van der Waals surface area (Å²) in [5.41, 5.74) is 2.09. The van der Waals surface area contributed by atoms with E-state index in [-0.39, 0.29) is 5.41 Å². The van der Waals surface area contributed by atoms with Crippen LogP contribution in [0.5, 0.6) is 5.75 Å². The fourth-order valence-corrected chi connectivity index (χ4v) is 4.73. The van der Waals surface area contributed by atoms with Crippen LogP contribution >= 0.6 is 0 Å². The molecule has 0 amide bonds. The van der Waals surface area contributed by atoms with Crippen LogP contribution in [0.15, 0.2) is 53.4 Å². The number of ether oxygens (including phenoxy) is 1. The number of hydrogen-bond acceptors (Lipinski definition) is 3. The van der Waals surface area contributed by atoms with Crippen LogP contribution in [-0.4, -0.2) is 22.1 Å². The second-order valence-corrected chi connectivity index (χ2v) is 8.62. The lowest BCUT2D eigenvalue weighted by molar-refractivity contribution is 0.410. The second kappa shape index (κ2) is 7.18. The molecule has 1 aliphatic rings. The Kier molecular flexibility index (Phi) is 5.16. The Morgan fingerprint density at radius 2 is 1.60 bits per heavy atom. The summed E-state index contributed by atoms with van der Waals surface area (Å²) >= 11 is 0. The highest BCUT2D eigenvalue weighted by molar-refractivity contribution is 7.89. The Labute approximate surface area is 150 Å². The first-order valence-corrected chi connectivity index (χ1v) is 10.1. The predicted molar refractivity (Wildman–Crippen MR) is 99.5 cm³/mol. The van der Waals surface area contributed by atoms with E-state index >= 15 is 0 Å². The third kappa shape index (κ3) is 3.88. The largest absolute Gasteiger partial charge is 0.497 e. The van der Waals surface area contributed by atoms with Gasteiger partial charge in [-0.1, -0.05) is 42.7 Å². The lowest BCUT2D eigenvalue weighted by Crippen LogP contribution is -2.39. The zero-order valence-corrected chi connectivity index (χ0v) is 15.6. The number of aryl methyl sites for hydroxylation is 1. The van der Waals surface area contributed by atoms with Gasteiger partial charge in [-0.15, -0.1) is 0 Å². The number of nitrogens with one attached hydrogen (secondary N) is 1. The van der Waals surface area contributed by atoms with Gasteiger partial charge in [-0.3, -0.25) is 0 Å². The number of rotatable bonds is 6. The van der Waals surface area contributed by atoms with Crippen molar-refractivity contribution in [1.29, 1.82) is 0 Å². The summed E-state index contributed by atoms with van der Waals surface area (Å²) in [5, 5.41) is 0. The SMILES string of the molecule is COc1ccc(C2(CNS(=O)(=O)c3ccc(C)cc3)CCCC2)cc1. The third-order valence-electron chi connectivity index (χ3n) is 5.19. The minimum absolute atomic E-state index is 0.135. The summed E-state index contributed by atoms with van der Waals surface area (Å²) in [6, 6.07) is 15.0. The fourth-order valence-electron chi connectivity index (χ4n) is 3.60. The Morgan fingerprint density at radius 1 is 1.00 bits per heavy atom. The van der Waals surface area contributed by atoms with Gasteiger partial charge < -0.3 is 4.74 Å². The third-order valence-corrected chi connectivity index (χ3v) is 6.61. The number of benzene rings is 2. The minimum atomic E-state index is -3.50. The molecule has 134 valence electrons. The van der Waals surface area contributed by atoms with Crippen LogP contribution in [0.25, 0.3) is 0 Å². The summed E-state index contributed by atoms with van der Waals surface area (Å²) in [6.07, 6.45) is 4.24. The molecule has 2 aromatic carbocycles. The maximum Gasteiger partial charge on any atom is 0.240 e. The van der Waals surface area contributed by atoms with E-state index < -0.39 is 10.0 Å². The highest BCUT2D eigenvalue weighted by Gasteiger charge is 2.36. The van der Waals surface area contributed by atoms with Crippen molar-refractivity contribution in [3.05, 3.63) is 59.7 Å². The van der Waals surface area contributed by atoms with Crippen molar-refractivity contribution in [3.8, 4) is 5.75 Å². The molecule has 0 spiro atoms. The Bertz CT molecular complexity index is 805. The molecule has 3 rings (SSSR count). The molecule has 1 fully saturated rings. The molecule has 0 radical (unpaired) electrons. The highest BCUT2D eigenvalue weighted by atomic mass is 32.2. The molecule has 2 aromatic rings. The first-order chi connectivity index (χ1) is 12.0. The van der Waals surface area contributed by atoms with Crippen LogP contribution in [-0.2, 0) is 15.4 Å². The van der Waals surface area contributed by atoms with Gasteiger partial charge in [0.2, 0.25) is 10.0 Å². The molecule has 1 N–H and O–H groups in total. The maximum absolute atomic E-state index is 12.6. The number of sulfonamides is 1. The van der Waals surface area contributed by atoms with Crippen LogP contribution in [0.4, 0.5) is 0 Å². The number of hydrogen-bond donors (Lipinski definition) is 1. The molecular weight excluding hydrogens is 334 g/mol. The second-order valence-electron chi connectivity index (χ2n) is 6.85. The molecule has 0 aromatic heterocycles. The summed E-state index contributed by atoms with van der Waals surface area (Å²) in [6.45, 7) is 2.37. The summed E-state index contributed by atoms with van der Waals surface area (Å²) < 4.78 is 33.4. The van der Waals surface area contributed by atoms with Gasteiger partial charge in [0.1, 0.15) is 5.75 Å². The van der Waals surface area contributed by atoms with E-state index in [9.17, 15) is 8.42 Å². The first-order valence-electron chi connectivity index (χ1n) is 8.66. The van der Waals surface area contributed by atoms with E-state index in [1.165, 1.54) is 5.56 Å². The Hall–Kier alpha value is -1.85. The molecule has 0 atom stereocenters. The van der Waals surface area contributed by atoms with Crippen molar-refractivity contribution >= 4 is 10.0 Å². The van der Waals surface area contributed by atoms with E-state index in [0.29, 0.717) is 11.4 Å². The molecule has 0 bridgehead atoms. The van der Waals surface area contributed by atoms with E-state index in [1.54, 1.807) is 19.2 Å². The van der Waals surface area contributed by atoms with Crippen molar-refractivity contribution in [3.63, 3.8) is 0 Å². The van der Waals surface area contributed by atoms with Gasteiger partial charge in [-0.05, 0) is 49.6 Å². The van der Waals surface area contributed by atoms with Crippen LogP contribution < -0.4 is 9.46 Å². The van der Waals surface area contributed by atoms with Gasteiger partial charge in [-0.25, -0.2) is 13.1 Å². The lowest BCUT2D eigenvalue weighted by Gasteiger charge is -2.30. The monoisotopic (exact) mass is 359 g/mol. The van der Waals surface area contributed by atoms with E-state index in [1.807, 2.05) is 31.2 Å². The van der Waals surface area contributed by atoms with Crippen LogP contribution in [0.2, 0.25) is 0 Å². The van der Waals surface area contributed by atoms with Crippen molar-refractivity contribution in [2.75, 3.05) is 13.7 Å². The number of methoxy groups -OCH3 is 1. The van der Waals surface area contributed by atoms with Crippen LogP contribution in [0.1, 0.15) is 36.8 Å². The Morgan fingerprint density at radius 3 is 2.16 bits per heavy atom. The normalized spacial score (nSPS) is 16.7. The summed E-state index contributed by atoms with van der Waals surface area (Å²) in [7, 11) is -1.85. The van der Waals surface area contributed by atoms with Gasteiger partial charge in [0.25, 0.3) is 0 Å².